The summed E-state index contributed by atoms with van der Waals surface area (Å²) in [6, 6.07) is 3.90. The van der Waals surface area contributed by atoms with Crippen molar-refractivity contribution in [1.29, 1.82) is 0 Å². The highest BCUT2D eigenvalue weighted by molar-refractivity contribution is 7.98. The van der Waals surface area contributed by atoms with E-state index in [1.165, 1.54) is 0 Å². The number of rotatable bonds is 4. The summed E-state index contributed by atoms with van der Waals surface area (Å²) in [4.78, 5) is 12.7. The molecule has 2 N–H and O–H groups in total. The second-order valence-electron chi connectivity index (χ2n) is 5.79. The molecular formula is C15H22N2O4S. The zero-order valence-electron chi connectivity index (χ0n) is 13.3. The van der Waals surface area contributed by atoms with Crippen LogP contribution in [0.5, 0.6) is 11.5 Å². The molecule has 0 saturated carbocycles. The number of hydrazine groups is 1. The van der Waals surface area contributed by atoms with E-state index in [0.717, 1.165) is 22.0 Å². The van der Waals surface area contributed by atoms with Crippen molar-refractivity contribution in [2.24, 2.45) is 0 Å². The molecule has 7 heteroatoms. The van der Waals surface area contributed by atoms with E-state index in [0.29, 0.717) is 19.8 Å². The Hall–Kier alpha value is -1.60. The molecule has 0 saturated heterocycles. The van der Waals surface area contributed by atoms with Crippen LogP contribution in [-0.2, 0) is 11.3 Å². The fourth-order valence-corrected chi connectivity index (χ4v) is 2.57. The molecule has 0 radical (unpaired) electrons. The number of hydrogen-bond donors (Lipinski definition) is 2. The smallest absolute Gasteiger partial charge is 0.422 e. The average molecular weight is 326 g/mol. The zero-order chi connectivity index (χ0) is 16.2. The van der Waals surface area contributed by atoms with E-state index in [1.807, 2.05) is 39.2 Å². The number of thioether (sulfide) groups is 1. The van der Waals surface area contributed by atoms with E-state index in [9.17, 15) is 4.79 Å². The van der Waals surface area contributed by atoms with Gasteiger partial charge in [-0.05, 0) is 44.7 Å². The lowest BCUT2D eigenvalue weighted by Crippen LogP contribution is -2.40. The molecule has 1 amide bonds. The molecule has 22 heavy (non-hydrogen) atoms. The van der Waals surface area contributed by atoms with Crippen molar-refractivity contribution in [2.75, 3.05) is 19.5 Å². The first-order chi connectivity index (χ1) is 10.4. The van der Waals surface area contributed by atoms with Gasteiger partial charge in [-0.25, -0.2) is 10.2 Å². The summed E-state index contributed by atoms with van der Waals surface area (Å²) in [6.07, 6.45) is 1.49. The lowest BCUT2D eigenvalue weighted by atomic mass is 10.2. The number of amides is 1. The van der Waals surface area contributed by atoms with Gasteiger partial charge in [0.1, 0.15) is 18.8 Å². The second-order valence-corrected chi connectivity index (χ2v) is 6.64. The minimum atomic E-state index is -0.521. The lowest BCUT2D eigenvalue weighted by Gasteiger charge is -2.22. The lowest BCUT2D eigenvalue weighted by molar-refractivity contribution is 0.0497. The van der Waals surface area contributed by atoms with Crippen molar-refractivity contribution in [2.45, 2.75) is 37.8 Å². The van der Waals surface area contributed by atoms with E-state index in [1.54, 1.807) is 11.8 Å². The van der Waals surface area contributed by atoms with Crippen LogP contribution in [0.15, 0.2) is 17.0 Å². The van der Waals surface area contributed by atoms with Crippen LogP contribution < -0.4 is 20.3 Å². The van der Waals surface area contributed by atoms with E-state index < -0.39 is 11.7 Å². The molecule has 0 aromatic heterocycles. The third kappa shape index (κ3) is 4.71. The van der Waals surface area contributed by atoms with E-state index >= 15 is 0 Å². The molecule has 0 aliphatic carbocycles. The van der Waals surface area contributed by atoms with Crippen LogP contribution in [0.2, 0.25) is 0 Å². The molecule has 1 aromatic rings. The molecule has 1 aliphatic heterocycles. The molecular weight excluding hydrogens is 304 g/mol. The van der Waals surface area contributed by atoms with Crippen molar-refractivity contribution in [3.8, 4) is 11.5 Å². The van der Waals surface area contributed by atoms with E-state index in [2.05, 4.69) is 10.9 Å². The predicted octanol–water partition coefficient (Wildman–Crippen LogP) is 2.71. The van der Waals surface area contributed by atoms with Crippen LogP contribution >= 0.6 is 11.8 Å². The van der Waals surface area contributed by atoms with E-state index in [-0.39, 0.29) is 0 Å². The molecule has 1 heterocycles. The molecule has 0 atom stereocenters. The van der Waals surface area contributed by atoms with Gasteiger partial charge in [0.2, 0.25) is 0 Å². The Morgan fingerprint density at radius 3 is 2.50 bits per heavy atom. The number of nitrogens with one attached hydrogen (secondary N) is 2. The third-order valence-corrected chi connectivity index (χ3v) is 3.63. The molecule has 0 bridgehead atoms. The molecule has 1 aromatic carbocycles. The van der Waals surface area contributed by atoms with Gasteiger partial charge < -0.3 is 14.2 Å². The zero-order valence-corrected chi connectivity index (χ0v) is 14.1. The number of fused-ring (bicyclic) bond motifs is 1. The Balaban J connectivity index is 1.96. The van der Waals surface area contributed by atoms with Gasteiger partial charge in [0.25, 0.3) is 0 Å². The maximum Gasteiger partial charge on any atom is 0.422 e. The molecule has 6 nitrogen and oxygen atoms in total. The molecule has 122 valence electrons. The normalized spacial score (nSPS) is 13.6. The monoisotopic (exact) mass is 326 g/mol. The van der Waals surface area contributed by atoms with Gasteiger partial charge in [-0.3, -0.25) is 5.43 Å². The van der Waals surface area contributed by atoms with Gasteiger partial charge in [0.15, 0.2) is 11.5 Å². The summed E-state index contributed by atoms with van der Waals surface area (Å²) in [6.45, 7) is 7.04. The van der Waals surface area contributed by atoms with Crippen molar-refractivity contribution >= 4 is 17.9 Å². The molecule has 0 fully saturated rings. The largest absolute Gasteiger partial charge is 0.486 e. The number of hydrogen-bond acceptors (Lipinski definition) is 6. The van der Waals surface area contributed by atoms with Crippen LogP contribution in [0.1, 0.15) is 26.3 Å². The van der Waals surface area contributed by atoms with Crippen LogP contribution in [0.3, 0.4) is 0 Å². The first-order valence-corrected chi connectivity index (χ1v) is 8.30. The summed E-state index contributed by atoms with van der Waals surface area (Å²) in [7, 11) is 0. The number of benzene rings is 1. The number of carbonyl (C=O) groups excluding carboxylic acids is 1. The molecule has 2 rings (SSSR count). The van der Waals surface area contributed by atoms with Gasteiger partial charge in [-0.2, -0.15) is 0 Å². The number of carbonyl (C=O) groups is 1. The van der Waals surface area contributed by atoms with Crippen molar-refractivity contribution in [3.05, 3.63) is 17.7 Å². The molecule has 0 unspecified atom stereocenters. The quantitative estimate of drug-likeness (QED) is 0.655. The molecule has 0 spiro atoms. The maximum atomic E-state index is 11.6. The van der Waals surface area contributed by atoms with Crippen molar-refractivity contribution in [3.63, 3.8) is 0 Å². The van der Waals surface area contributed by atoms with Crippen molar-refractivity contribution in [1.82, 2.24) is 10.9 Å². The SMILES string of the molecule is CSc1cc2c(cc1CNNC(=O)OC(C)(C)C)OCCO2. The fourth-order valence-electron chi connectivity index (χ4n) is 1.96. The van der Waals surface area contributed by atoms with Gasteiger partial charge in [0.05, 0.1) is 0 Å². The van der Waals surface area contributed by atoms with Gasteiger partial charge >= 0.3 is 6.09 Å². The number of ether oxygens (including phenoxy) is 3. The molecule has 1 aliphatic rings. The summed E-state index contributed by atoms with van der Waals surface area (Å²) in [5.41, 5.74) is 5.90. The Morgan fingerprint density at radius 1 is 1.27 bits per heavy atom. The Morgan fingerprint density at radius 2 is 1.91 bits per heavy atom. The Bertz CT molecular complexity index is 543. The standard InChI is InChI=1S/C15H22N2O4S/c1-15(2,3)21-14(18)17-16-9-10-7-11-12(8-13(10)22-4)20-6-5-19-11/h7-8,16H,5-6,9H2,1-4H3,(H,17,18). The summed E-state index contributed by atoms with van der Waals surface area (Å²) >= 11 is 1.62. The minimum Gasteiger partial charge on any atom is -0.486 e. The summed E-state index contributed by atoms with van der Waals surface area (Å²) in [5.74, 6) is 1.50. The van der Waals surface area contributed by atoms with Gasteiger partial charge in [-0.15, -0.1) is 11.8 Å². The highest BCUT2D eigenvalue weighted by atomic mass is 32.2. The highest BCUT2D eigenvalue weighted by Gasteiger charge is 2.17. The average Bonchev–Trinajstić information content (AvgIpc) is 2.44. The second kappa shape index (κ2) is 7.11. The fraction of sp³-hybridized carbons (Fsp3) is 0.533. The first-order valence-electron chi connectivity index (χ1n) is 7.07. The third-order valence-electron chi connectivity index (χ3n) is 2.81. The van der Waals surface area contributed by atoms with Crippen LogP contribution in [0.4, 0.5) is 4.79 Å². The highest BCUT2D eigenvalue weighted by Crippen LogP contribution is 2.36. The van der Waals surface area contributed by atoms with Crippen LogP contribution in [0.25, 0.3) is 0 Å². The predicted molar refractivity (Wildman–Crippen MR) is 85.4 cm³/mol. The topological polar surface area (TPSA) is 68.8 Å². The first kappa shape index (κ1) is 16.8. The van der Waals surface area contributed by atoms with Crippen LogP contribution in [0, 0.1) is 0 Å². The van der Waals surface area contributed by atoms with Gasteiger partial charge in [-0.1, -0.05) is 0 Å². The van der Waals surface area contributed by atoms with Crippen LogP contribution in [-0.4, -0.2) is 31.2 Å². The van der Waals surface area contributed by atoms with E-state index in [4.69, 9.17) is 14.2 Å². The summed E-state index contributed by atoms with van der Waals surface area (Å²) in [5, 5.41) is 0. The Labute approximate surface area is 134 Å². The van der Waals surface area contributed by atoms with Gasteiger partial charge in [0, 0.05) is 11.4 Å². The maximum absolute atomic E-state index is 11.6. The van der Waals surface area contributed by atoms with Crippen molar-refractivity contribution < 1.29 is 19.0 Å². The summed E-state index contributed by atoms with van der Waals surface area (Å²) < 4.78 is 16.3. The Kier molecular flexibility index (Phi) is 5.42. The minimum absolute atomic E-state index is 0.464.